The normalized spacial score (nSPS) is 16.1. The molecule has 0 saturated carbocycles. The highest BCUT2D eigenvalue weighted by molar-refractivity contribution is 5.95. The minimum Gasteiger partial charge on any atom is -0.379 e. The summed E-state index contributed by atoms with van der Waals surface area (Å²) >= 11 is 0. The summed E-state index contributed by atoms with van der Waals surface area (Å²) in [4.78, 5) is 29.8. The van der Waals surface area contributed by atoms with Crippen LogP contribution in [0.5, 0.6) is 0 Å². The van der Waals surface area contributed by atoms with Gasteiger partial charge < -0.3 is 31.0 Å². The maximum absolute atomic E-state index is 12.2. The lowest BCUT2D eigenvalue weighted by Crippen LogP contribution is -2.38. The van der Waals surface area contributed by atoms with Crippen LogP contribution in [0.4, 0.5) is 28.8 Å². The molecule has 4 N–H and O–H groups in total. The number of rotatable bonds is 7. The summed E-state index contributed by atoms with van der Waals surface area (Å²) in [6.45, 7) is 9.11. The third-order valence-electron chi connectivity index (χ3n) is 4.30. The molecule has 1 saturated heterocycles. The molecular weight excluding hydrogens is 370 g/mol. The second-order valence-corrected chi connectivity index (χ2v) is 7.09. The van der Waals surface area contributed by atoms with E-state index in [4.69, 9.17) is 6.57 Å². The molecule has 0 unspecified atom stereocenters. The van der Waals surface area contributed by atoms with Crippen LogP contribution < -0.4 is 21.3 Å². The molecule has 1 aliphatic heterocycles. The molecule has 10 nitrogen and oxygen atoms in total. The molecule has 2 aromatic rings. The fourth-order valence-electron chi connectivity index (χ4n) is 2.99. The van der Waals surface area contributed by atoms with Crippen LogP contribution in [0.3, 0.4) is 0 Å². The number of pyridine rings is 1. The molecule has 29 heavy (non-hydrogen) atoms. The van der Waals surface area contributed by atoms with Gasteiger partial charge in [0.25, 0.3) is 5.82 Å². The van der Waals surface area contributed by atoms with E-state index in [9.17, 15) is 4.79 Å². The van der Waals surface area contributed by atoms with Crippen molar-refractivity contribution in [3.63, 3.8) is 0 Å². The summed E-state index contributed by atoms with van der Waals surface area (Å²) < 4.78 is 0. The van der Waals surface area contributed by atoms with Crippen molar-refractivity contribution in [1.29, 1.82) is 0 Å². The van der Waals surface area contributed by atoms with E-state index in [1.807, 2.05) is 25.1 Å². The van der Waals surface area contributed by atoms with Gasteiger partial charge in [0.05, 0.1) is 30.3 Å². The molecule has 1 fully saturated rings. The molecule has 1 amide bonds. The number of hydrogen-bond acceptors (Lipinski definition) is 8. The number of amides is 1. The van der Waals surface area contributed by atoms with Gasteiger partial charge in [0.1, 0.15) is 5.82 Å². The predicted molar refractivity (Wildman–Crippen MR) is 113 cm³/mol. The molecule has 10 heteroatoms. The molecule has 1 aliphatic rings. The summed E-state index contributed by atoms with van der Waals surface area (Å²) in [5, 5.41) is 12.9. The number of hydrogen-bond donors (Lipinski definition) is 4. The van der Waals surface area contributed by atoms with Gasteiger partial charge in [-0.1, -0.05) is 6.57 Å². The average molecular weight is 395 g/mol. The topological polar surface area (TPSA) is 111 Å². The van der Waals surface area contributed by atoms with Gasteiger partial charge in [-0.25, -0.2) is 9.97 Å². The van der Waals surface area contributed by atoms with Crippen LogP contribution in [0.2, 0.25) is 0 Å². The fraction of sp³-hybridized carbons (Fsp3) is 0.421. The number of aromatic nitrogens is 3. The van der Waals surface area contributed by atoms with Crippen LogP contribution in [0.15, 0.2) is 24.7 Å². The van der Waals surface area contributed by atoms with Crippen molar-refractivity contribution in [1.82, 2.24) is 25.2 Å². The van der Waals surface area contributed by atoms with Gasteiger partial charge in [0, 0.05) is 18.7 Å². The maximum atomic E-state index is 12.2. The number of nitrogens with zero attached hydrogens (tertiary/aromatic N) is 5. The van der Waals surface area contributed by atoms with Crippen molar-refractivity contribution in [3.8, 4) is 0 Å². The summed E-state index contributed by atoms with van der Waals surface area (Å²) in [6.07, 6.45) is 6.65. The quantitative estimate of drug-likeness (QED) is 0.526. The average Bonchev–Trinajstić information content (AvgIpc) is 2.71. The van der Waals surface area contributed by atoms with Gasteiger partial charge in [0.15, 0.2) is 12.0 Å². The molecule has 0 bridgehead atoms. The van der Waals surface area contributed by atoms with Gasteiger partial charge in [-0.2, -0.15) is 0 Å². The monoisotopic (exact) mass is 395 g/mol. The zero-order valence-electron chi connectivity index (χ0n) is 16.6. The van der Waals surface area contributed by atoms with E-state index < -0.39 is 0 Å². The summed E-state index contributed by atoms with van der Waals surface area (Å²) in [5.74, 6) is 1.17. The number of carbonyl (C=O) groups excluding carboxylic acids is 1. The van der Waals surface area contributed by atoms with E-state index in [2.05, 4.69) is 41.1 Å². The van der Waals surface area contributed by atoms with E-state index in [1.54, 1.807) is 6.20 Å². The van der Waals surface area contributed by atoms with Crippen LogP contribution in [0.1, 0.15) is 12.8 Å². The maximum Gasteiger partial charge on any atom is 0.288 e. The first-order chi connectivity index (χ1) is 14.0. The molecule has 3 rings (SSSR count). The Morgan fingerprint density at radius 1 is 1.24 bits per heavy atom. The Labute approximate surface area is 170 Å². The molecule has 2 aromatic heterocycles. The number of piperidine rings is 1. The van der Waals surface area contributed by atoms with E-state index in [0.717, 1.165) is 31.6 Å². The Hall–Kier alpha value is -3.29. The first-order valence-electron chi connectivity index (χ1n) is 9.42. The smallest absolute Gasteiger partial charge is 0.288 e. The summed E-state index contributed by atoms with van der Waals surface area (Å²) in [6, 6.07) is 2.10. The molecular formula is C19H25N9O. The Bertz CT molecular complexity index is 870. The van der Waals surface area contributed by atoms with Crippen LogP contribution in [0, 0.1) is 6.57 Å². The lowest BCUT2D eigenvalue weighted by Gasteiger charge is -2.26. The number of anilines is 4. The lowest BCUT2D eigenvalue weighted by molar-refractivity contribution is -0.116. The highest BCUT2D eigenvalue weighted by atomic mass is 16.2. The van der Waals surface area contributed by atoms with Crippen molar-refractivity contribution in [2.24, 2.45) is 0 Å². The molecule has 0 aliphatic carbocycles. The summed E-state index contributed by atoms with van der Waals surface area (Å²) in [5.41, 5.74) is 1.41. The second-order valence-electron chi connectivity index (χ2n) is 7.09. The number of carbonyl (C=O) groups is 1. The molecule has 152 valence electrons. The molecule has 3 heterocycles. The van der Waals surface area contributed by atoms with Crippen LogP contribution in [0.25, 0.3) is 4.85 Å². The third-order valence-corrected chi connectivity index (χ3v) is 4.30. The van der Waals surface area contributed by atoms with Crippen molar-refractivity contribution in [2.75, 3.05) is 49.7 Å². The Morgan fingerprint density at radius 2 is 2.07 bits per heavy atom. The van der Waals surface area contributed by atoms with Gasteiger partial charge in [-0.05, 0) is 33.5 Å². The lowest BCUT2D eigenvalue weighted by atomic mass is 10.1. The number of likely N-dealkylation sites (N-methyl/N-ethyl adjacent to an activating group) is 1. The van der Waals surface area contributed by atoms with E-state index in [-0.39, 0.29) is 24.3 Å². The standard InChI is InChI=1S/C19H25N9O/c1-20-17-10-24-18(11-23-17)27-16-7-14(25-13-5-4-6-21-8-13)15(9-22-16)26-19(29)12-28(2)3/h7,9-11,13,21H,4-6,8,12H2,2-3H3,(H,26,29)(H2,22,24,25,27)/t13-/m1/s1. The predicted octanol–water partition coefficient (Wildman–Crippen LogP) is 1.83. The van der Waals surface area contributed by atoms with Gasteiger partial charge in [0.2, 0.25) is 5.91 Å². The highest BCUT2D eigenvalue weighted by Gasteiger charge is 2.16. The second kappa shape index (κ2) is 9.77. The molecule has 0 aromatic carbocycles. The van der Waals surface area contributed by atoms with Crippen LogP contribution in [-0.2, 0) is 4.79 Å². The first-order valence-corrected chi connectivity index (χ1v) is 9.42. The molecule has 0 radical (unpaired) electrons. The van der Waals surface area contributed by atoms with Crippen molar-refractivity contribution in [2.45, 2.75) is 18.9 Å². The Balaban J connectivity index is 1.79. The van der Waals surface area contributed by atoms with E-state index in [1.165, 1.54) is 12.4 Å². The highest BCUT2D eigenvalue weighted by Crippen LogP contribution is 2.27. The third kappa shape index (κ3) is 6.10. The Kier molecular flexibility index (Phi) is 6.89. The van der Waals surface area contributed by atoms with E-state index >= 15 is 0 Å². The van der Waals surface area contributed by atoms with Crippen molar-refractivity contribution < 1.29 is 4.79 Å². The van der Waals surface area contributed by atoms with Crippen molar-refractivity contribution in [3.05, 3.63) is 36.1 Å². The SMILES string of the molecule is [C-]#[N+]c1cnc(Nc2cc(N[C@@H]3CCCNC3)c(NC(=O)CN(C)C)cn2)cn1. The minimum absolute atomic E-state index is 0.108. The first kappa shape index (κ1) is 20.4. The van der Waals surface area contributed by atoms with Gasteiger partial charge >= 0.3 is 0 Å². The Morgan fingerprint density at radius 3 is 2.72 bits per heavy atom. The zero-order chi connectivity index (χ0) is 20.6. The van der Waals surface area contributed by atoms with Crippen molar-refractivity contribution >= 4 is 34.7 Å². The summed E-state index contributed by atoms with van der Waals surface area (Å²) in [7, 11) is 3.69. The largest absolute Gasteiger partial charge is 0.379 e. The zero-order valence-corrected chi connectivity index (χ0v) is 16.6. The van der Waals surface area contributed by atoms with Gasteiger partial charge in [-0.3, -0.25) is 4.79 Å². The molecule has 1 atom stereocenters. The fourth-order valence-corrected chi connectivity index (χ4v) is 2.99. The van der Waals surface area contributed by atoms with Crippen LogP contribution >= 0.6 is 0 Å². The molecule has 0 spiro atoms. The van der Waals surface area contributed by atoms with E-state index in [0.29, 0.717) is 17.3 Å². The minimum atomic E-state index is -0.108. The van der Waals surface area contributed by atoms with Crippen LogP contribution in [-0.4, -0.2) is 65.5 Å². The van der Waals surface area contributed by atoms with Gasteiger partial charge in [-0.15, -0.1) is 4.98 Å². The number of nitrogens with one attached hydrogen (secondary N) is 4.